The summed E-state index contributed by atoms with van der Waals surface area (Å²) < 4.78 is 12.7. The number of aromatic nitrogens is 3. The highest BCUT2D eigenvalue weighted by Crippen LogP contribution is 2.35. The van der Waals surface area contributed by atoms with Crippen LogP contribution in [0, 0.1) is 12.8 Å². The van der Waals surface area contributed by atoms with E-state index in [-0.39, 0.29) is 5.56 Å². The van der Waals surface area contributed by atoms with Gasteiger partial charge in [0.2, 0.25) is 5.89 Å². The minimum absolute atomic E-state index is 0.134. The van der Waals surface area contributed by atoms with Gasteiger partial charge in [-0.25, -0.2) is 0 Å². The molecule has 8 nitrogen and oxygen atoms in total. The SMILES string of the molecule is Cc1noc(CN(C)Cc2ccc3n(c2=O)C[C@H]2C[C@@H]3CN(Cc3ccco3)C2)n1. The van der Waals surface area contributed by atoms with Crippen molar-refractivity contribution < 1.29 is 8.94 Å². The third kappa shape index (κ3) is 3.85. The van der Waals surface area contributed by atoms with Crippen molar-refractivity contribution in [2.24, 2.45) is 5.92 Å². The van der Waals surface area contributed by atoms with Gasteiger partial charge in [-0.05, 0) is 44.5 Å². The summed E-state index contributed by atoms with van der Waals surface area (Å²) in [6.45, 7) is 6.48. The Morgan fingerprint density at radius 1 is 1.20 bits per heavy atom. The van der Waals surface area contributed by atoms with Crippen molar-refractivity contribution in [3.05, 3.63) is 69.6 Å². The highest BCUT2D eigenvalue weighted by molar-refractivity contribution is 5.22. The molecule has 3 aromatic rings. The van der Waals surface area contributed by atoms with E-state index < -0.39 is 0 Å². The van der Waals surface area contributed by atoms with Crippen molar-refractivity contribution in [1.82, 2.24) is 24.5 Å². The van der Waals surface area contributed by atoms with Crippen molar-refractivity contribution in [2.75, 3.05) is 20.1 Å². The van der Waals surface area contributed by atoms with Crippen LogP contribution >= 0.6 is 0 Å². The zero-order chi connectivity index (χ0) is 20.7. The molecule has 30 heavy (non-hydrogen) atoms. The molecule has 0 radical (unpaired) electrons. The van der Waals surface area contributed by atoms with Crippen LogP contribution in [0.1, 0.15) is 41.1 Å². The van der Waals surface area contributed by atoms with Gasteiger partial charge in [-0.2, -0.15) is 4.98 Å². The molecule has 2 bridgehead atoms. The Hall–Kier alpha value is -2.71. The standard InChI is InChI=1S/C22H27N5O3/c1-15-23-21(30-24-15)14-25(2)11-17-5-6-20-18-8-16(10-27(20)22(17)28)9-26(12-18)13-19-4-3-7-29-19/h3-7,16,18H,8-14H2,1-2H3/t16-,18+/m0/s1. The number of pyridine rings is 1. The van der Waals surface area contributed by atoms with Crippen LogP contribution in [0.4, 0.5) is 0 Å². The topological polar surface area (TPSA) is 80.5 Å². The van der Waals surface area contributed by atoms with Gasteiger partial charge in [-0.3, -0.25) is 14.6 Å². The van der Waals surface area contributed by atoms with E-state index in [1.165, 1.54) is 5.69 Å². The molecule has 0 unspecified atom stereocenters. The second-order valence-electron chi connectivity index (χ2n) is 8.68. The number of aryl methyl sites for hydroxylation is 1. The lowest BCUT2D eigenvalue weighted by Crippen LogP contribution is -2.47. The van der Waals surface area contributed by atoms with Gasteiger partial charge in [0.25, 0.3) is 5.56 Å². The summed E-state index contributed by atoms with van der Waals surface area (Å²) in [6, 6.07) is 8.11. The zero-order valence-corrected chi connectivity index (χ0v) is 17.5. The molecule has 8 heteroatoms. The molecule has 1 fully saturated rings. The fourth-order valence-corrected chi connectivity index (χ4v) is 4.94. The average Bonchev–Trinajstić information content (AvgIpc) is 3.36. The van der Waals surface area contributed by atoms with E-state index >= 15 is 0 Å². The molecule has 2 aliphatic rings. The van der Waals surface area contributed by atoms with Crippen LogP contribution < -0.4 is 5.56 Å². The summed E-state index contributed by atoms with van der Waals surface area (Å²) in [5.74, 6) is 3.09. The maximum Gasteiger partial charge on any atom is 0.255 e. The molecular formula is C22H27N5O3. The first-order valence-electron chi connectivity index (χ1n) is 10.5. The van der Waals surface area contributed by atoms with Crippen molar-refractivity contribution in [3.63, 3.8) is 0 Å². The van der Waals surface area contributed by atoms with Gasteiger partial charge in [0.1, 0.15) is 5.76 Å². The molecule has 0 spiro atoms. The summed E-state index contributed by atoms with van der Waals surface area (Å²) in [4.78, 5) is 22.0. The van der Waals surface area contributed by atoms with E-state index in [0.717, 1.165) is 43.9 Å². The van der Waals surface area contributed by atoms with Gasteiger partial charge in [-0.1, -0.05) is 11.2 Å². The molecule has 0 saturated carbocycles. The maximum atomic E-state index is 13.2. The zero-order valence-electron chi connectivity index (χ0n) is 17.5. The lowest BCUT2D eigenvalue weighted by Gasteiger charge is -2.42. The molecule has 0 N–H and O–H groups in total. The van der Waals surface area contributed by atoms with Gasteiger partial charge in [-0.15, -0.1) is 0 Å². The minimum atomic E-state index is 0.134. The van der Waals surface area contributed by atoms with Crippen molar-refractivity contribution >= 4 is 0 Å². The molecule has 0 aliphatic carbocycles. The summed E-state index contributed by atoms with van der Waals surface area (Å²) in [5.41, 5.74) is 2.11. The number of hydrogen-bond acceptors (Lipinski definition) is 7. The largest absolute Gasteiger partial charge is 0.468 e. The Bertz CT molecular complexity index is 1070. The van der Waals surface area contributed by atoms with Crippen LogP contribution in [-0.4, -0.2) is 44.6 Å². The second kappa shape index (κ2) is 7.85. The number of rotatable bonds is 6. The van der Waals surface area contributed by atoms with Crippen LogP contribution in [0.25, 0.3) is 0 Å². The third-order valence-electron chi connectivity index (χ3n) is 6.13. The number of likely N-dealkylation sites (tertiary alicyclic amines) is 1. The smallest absolute Gasteiger partial charge is 0.255 e. The van der Waals surface area contributed by atoms with Crippen LogP contribution in [0.15, 0.2) is 44.3 Å². The first-order valence-corrected chi connectivity index (χ1v) is 10.5. The van der Waals surface area contributed by atoms with Crippen LogP contribution in [-0.2, 0) is 26.2 Å². The number of hydrogen-bond donors (Lipinski definition) is 0. The first kappa shape index (κ1) is 19.3. The number of fused-ring (bicyclic) bond motifs is 4. The highest BCUT2D eigenvalue weighted by Gasteiger charge is 2.35. The van der Waals surface area contributed by atoms with Crippen molar-refractivity contribution in [3.8, 4) is 0 Å². The summed E-state index contributed by atoms with van der Waals surface area (Å²) in [6.07, 6.45) is 2.89. The van der Waals surface area contributed by atoms with Gasteiger partial charge in [0.05, 0.1) is 19.4 Å². The predicted molar refractivity (Wildman–Crippen MR) is 110 cm³/mol. The molecule has 2 aliphatic heterocycles. The molecule has 0 amide bonds. The molecule has 158 valence electrons. The highest BCUT2D eigenvalue weighted by atomic mass is 16.5. The van der Waals surface area contributed by atoms with E-state index in [0.29, 0.717) is 36.6 Å². The Balaban J connectivity index is 1.31. The lowest BCUT2D eigenvalue weighted by molar-refractivity contribution is 0.107. The minimum Gasteiger partial charge on any atom is -0.468 e. The Labute approximate surface area is 175 Å². The van der Waals surface area contributed by atoms with Crippen LogP contribution in [0.3, 0.4) is 0 Å². The van der Waals surface area contributed by atoms with Crippen molar-refractivity contribution in [1.29, 1.82) is 0 Å². The van der Waals surface area contributed by atoms with Gasteiger partial charge in [0.15, 0.2) is 5.82 Å². The van der Waals surface area contributed by atoms with E-state index in [9.17, 15) is 4.79 Å². The Morgan fingerprint density at radius 3 is 2.87 bits per heavy atom. The van der Waals surface area contributed by atoms with E-state index in [2.05, 4.69) is 21.1 Å². The van der Waals surface area contributed by atoms with E-state index in [4.69, 9.17) is 8.94 Å². The molecule has 5 heterocycles. The number of furan rings is 1. The monoisotopic (exact) mass is 409 g/mol. The Kier molecular flexibility index (Phi) is 5.04. The van der Waals surface area contributed by atoms with Crippen molar-refractivity contribution in [2.45, 2.75) is 45.4 Å². The van der Waals surface area contributed by atoms with Crippen LogP contribution in [0.5, 0.6) is 0 Å². The van der Waals surface area contributed by atoms with E-state index in [1.54, 1.807) is 13.2 Å². The Morgan fingerprint density at radius 2 is 2.10 bits per heavy atom. The maximum absolute atomic E-state index is 13.2. The van der Waals surface area contributed by atoms with Gasteiger partial charge < -0.3 is 13.5 Å². The normalized spacial score (nSPS) is 21.2. The van der Waals surface area contributed by atoms with Crippen LogP contribution in [0.2, 0.25) is 0 Å². The lowest BCUT2D eigenvalue weighted by atomic mass is 9.83. The number of nitrogens with zero attached hydrogens (tertiary/aromatic N) is 5. The fraction of sp³-hybridized carbons (Fsp3) is 0.500. The molecule has 2 atom stereocenters. The average molecular weight is 409 g/mol. The van der Waals surface area contributed by atoms with Gasteiger partial charge >= 0.3 is 0 Å². The second-order valence-corrected chi connectivity index (χ2v) is 8.68. The summed E-state index contributed by atoms with van der Waals surface area (Å²) in [5, 5.41) is 3.83. The molecule has 3 aromatic heterocycles. The molecule has 5 rings (SSSR count). The number of piperidine rings is 1. The fourth-order valence-electron chi connectivity index (χ4n) is 4.94. The summed E-state index contributed by atoms with van der Waals surface area (Å²) in [7, 11) is 1.96. The summed E-state index contributed by atoms with van der Waals surface area (Å²) >= 11 is 0. The van der Waals surface area contributed by atoms with Gasteiger partial charge in [0, 0.05) is 43.4 Å². The first-order chi connectivity index (χ1) is 14.5. The van der Waals surface area contributed by atoms with E-state index in [1.807, 2.05) is 34.7 Å². The quantitative estimate of drug-likeness (QED) is 0.618. The molecular weight excluding hydrogens is 382 g/mol. The third-order valence-corrected chi connectivity index (χ3v) is 6.13. The molecule has 0 aromatic carbocycles. The predicted octanol–water partition coefficient (Wildman–Crippen LogP) is 2.38. The molecule has 1 saturated heterocycles.